The predicted octanol–water partition coefficient (Wildman–Crippen LogP) is 3.43. The molecule has 0 N–H and O–H groups in total. The van der Waals surface area contributed by atoms with Crippen LogP contribution in [0, 0.1) is 12.8 Å². The second-order valence-electron chi connectivity index (χ2n) is 8.70. The van der Waals surface area contributed by atoms with Crippen LogP contribution in [0.4, 0.5) is 5.82 Å². The van der Waals surface area contributed by atoms with Crippen molar-refractivity contribution >= 4 is 11.7 Å². The molecule has 154 valence electrons. The Morgan fingerprint density at radius 3 is 2.68 bits per heavy atom. The lowest BCUT2D eigenvalue weighted by molar-refractivity contribution is -0.136. The van der Waals surface area contributed by atoms with E-state index in [1.807, 2.05) is 4.90 Å². The van der Waals surface area contributed by atoms with Crippen LogP contribution < -0.4 is 4.90 Å². The number of carbonyl (C=O) groups is 1. The van der Waals surface area contributed by atoms with Crippen LogP contribution in [0.25, 0.3) is 0 Å². The van der Waals surface area contributed by atoms with Gasteiger partial charge in [-0.1, -0.05) is 19.3 Å². The standard InChI is InChI=1S/C22H34N4O2/c1-16-18-10-6-12-25(14-17-8-4-3-5-9-17)22(18)24-21(23-16)19-11-7-13-26(19)20(27)15-28-2/h17,19H,3-15H2,1-2H3/t19-/m0/s1. The zero-order valence-corrected chi connectivity index (χ0v) is 17.5. The Kier molecular flexibility index (Phi) is 6.14. The molecular formula is C22H34N4O2. The van der Waals surface area contributed by atoms with Crippen LogP contribution in [0.2, 0.25) is 0 Å². The number of aryl methyl sites for hydroxylation is 1. The number of rotatable bonds is 5. The quantitative estimate of drug-likeness (QED) is 0.776. The van der Waals surface area contributed by atoms with Gasteiger partial charge in [0.05, 0.1) is 6.04 Å². The first kappa shape index (κ1) is 19.6. The number of carbonyl (C=O) groups excluding carboxylic acids is 1. The van der Waals surface area contributed by atoms with E-state index in [0.717, 1.165) is 62.2 Å². The summed E-state index contributed by atoms with van der Waals surface area (Å²) in [5, 5.41) is 0. The first-order valence-electron chi connectivity index (χ1n) is 11.1. The van der Waals surface area contributed by atoms with E-state index in [4.69, 9.17) is 14.7 Å². The zero-order chi connectivity index (χ0) is 19.5. The van der Waals surface area contributed by atoms with Gasteiger partial charge >= 0.3 is 0 Å². The van der Waals surface area contributed by atoms with E-state index in [2.05, 4.69) is 11.8 Å². The fourth-order valence-electron chi connectivity index (χ4n) is 5.26. The Bertz CT molecular complexity index is 702. The second-order valence-corrected chi connectivity index (χ2v) is 8.70. The van der Waals surface area contributed by atoms with Gasteiger partial charge in [-0.05, 0) is 51.4 Å². The average Bonchev–Trinajstić information content (AvgIpc) is 3.19. The van der Waals surface area contributed by atoms with Gasteiger partial charge in [0.2, 0.25) is 5.91 Å². The van der Waals surface area contributed by atoms with Crippen molar-refractivity contribution in [3.63, 3.8) is 0 Å². The molecule has 1 amide bonds. The predicted molar refractivity (Wildman–Crippen MR) is 109 cm³/mol. The van der Waals surface area contributed by atoms with E-state index in [0.29, 0.717) is 0 Å². The summed E-state index contributed by atoms with van der Waals surface area (Å²) in [7, 11) is 1.58. The summed E-state index contributed by atoms with van der Waals surface area (Å²) in [6.07, 6.45) is 11.0. The van der Waals surface area contributed by atoms with Gasteiger partial charge in [-0.3, -0.25) is 4.79 Å². The number of fused-ring (bicyclic) bond motifs is 1. The Labute approximate surface area is 168 Å². The molecule has 0 aromatic carbocycles. The Hall–Kier alpha value is -1.69. The molecule has 1 aromatic heterocycles. The minimum absolute atomic E-state index is 0.00916. The molecule has 3 heterocycles. The maximum Gasteiger partial charge on any atom is 0.249 e. The molecule has 2 fully saturated rings. The lowest BCUT2D eigenvalue weighted by atomic mass is 9.88. The number of likely N-dealkylation sites (tertiary alicyclic amines) is 1. The van der Waals surface area contributed by atoms with Gasteiger partial charge < -0.3 is 14.5 Å². The topological polar surface area (TPSA) is 58.6 Å². The monoisotopic (exact) mass is 386 g/mol. The molecule has 1 aliphatic carbocycles. The third-order valence-corrected chi connectivity index (χ3v) is 6.71. The molecule has 6 heteroatoms. The van der Waals surface area contributed by atoms with Gasteiger partial charge in [0, 0.05) is 38.0 Å². The van der Waals surface area contributed by atoms with E-state index < -0.39 is 0 Å². The Morgan fingerprint density at radius 2 is 1.89 bits per heavy atom. The molecule has 0 radical (unpaired) electrons. The van der Waals surface area contributed by atoms with E-state index in [1.54, 1.807) is 7.11 Å². The summed E-state index contributed by atoms with van der Waals surface area (Å²) in [4.78, 5) is 26.8. The first-order chi connectivity index (χ1) is 13.7. The van der Waals surface area contributed by atoms with E-state index in [9.17, 15) is 4.79 Å². The molecule has 0 unspecified atom stereocenters. The summed E-state index contributed by atoms with van der Waals surface area (Å²) in [5.41, 5.74) is 2.41. The first-order valence-corrected chi connectivity index (χ1v) is 11.1. The molecule has 4 rings (SSSR count). The van der Waals surface area contributed by atoms with E-state index >= 15 is 0 Å². The van der Waals surface area contributed by atoms with Crippen molar-refractivity contribution in [3.05, 3.63) is 17.1 Å². The molecule has 1 aromatic rings. The maximum atomic E-state index is 12.5. The zero-order valence-electron chi connectivity index (χ0n) is 17.5. The molecule has 3 aliphatic rings. The van der Waals surface area contributed by atoms with Crippen molar-refractivity contribution in [3.8, 4) is 0 Å². The molecule has 0 spiro atoms. The molecule has 0 bridgehead atoms. The second kappa shape index (κ2) is 8.76. The maximum absolute atomic E-state index is 12.5. The van der Waals surface area contributed by atoms with Crippen molar-refractivity contribution in [1.29, 1.82) is 0 Å². The number of ether oxygens (including phenoxy) is 1. The van der Waals surface area contributed by atoms with E-state index in [-0.39, 0.29) is 18.6 Å². The van der Waals surface area contributed by atoms with Gasteiger partial charge in [-0.2, -0.15) is 0 Å². The Balaban J connectivity index is 1.59. The van der Waals surface area contributed by atoms with Crippen molar-refractivity contribution in [2.24, 2.45) is 5.92 Å². The fraction of sp³-hybridized carbons (Fsp3) is 0.773. The highest BCUT2D eigenvalue weighted by atomic mass is 16.5. The van der Waals surface area contributed by atoms with Crippen LogP contribution in [0.1, 0.15) is 74.5 Å². The number of nitrogens with zero attached hydrogens (tertiary/aromatic N) is 4. The summed E-state index contributed by atoms with van der Waals surface area (Å²) in [5.74, 6) is 2.81. The normalized spacial score (nSPS) is 23.1. The van der Waals surface area contributed by atoms with Crippen LogP contribution in [-0.4, -0.2) is 54.1 Å². The lowest BCUT2D eigenvalue weighted by Crippen LogP contribution is -2.37. The minimum atomic E-state index is -0.00916. The van der Waals surface area contributed by atoms with E-state index in [1.165, 1.54) is 44.1 Å². The number of hydrogen-bond acceptors (Lipinski definition) is 5. The largest absolute Gasteiger partial charge is 0.375 e. The molecule has 1 atom stereocenters. The van der Waals surface area contributed by atoms with Crippen LogP contribution >= 0.6 is 0 Å². The summed E-state index contributed by atoms with van der Waals surface area (Å²) < 4.78 is 5.08. The summed E-state index contributed by atoms with van der Waals surface area (Å²) in [6, 6.07) is -0.00916. The third-order valence-electron chi connectivity index (χ3n) is 6.71. The molecule has 2 aliphatic heterocycles. The van der Waals surface area contributed by atoms with Crippen LogP contribution in [0.3, 0.4) is 0 Å². The smallest absolute Gasteiger partial charge is 0.249 e. The molecule has 1 saturated carbocycles. The van der Waals surface area contributed by atoms with Crippen molar-refractivity contribution in [2.75, 3.05) is 38.3 Å². The molecule has 6 nitrogen and oxygen atoms in total. The number of hydrogen-bond donors (Lipinski definition) is 0. The third kappa shape index (κ3) is 4.02. The van der Waals surface area contributed by atoms with Crippen molar-refractivity contribution < 1.29 is 9.53 Å². The van der Waals surface area contributed by atoms with Crippen molar-refractivity contribution in [2.45, 2.75) is 70.8 Å². The van der Waals surface area contributed by atoms with Crippen LogP contribution in [0.15, 0.2) is 0 Å². The number of aromatic nitrogens is 2. The van der Waals surface area contributed by atoms with Crippen LogP contribution in [0.5, 0.6) is 0 Å². The number of methoxy groups -OCH3 is 1. The molecule has 28 heavy (non-hydrogen) atoms. The lowest BCUT2D eigenvalue weighted by Gasteiger charge is -2.35. The number of amides is 1. The molecular weight excluding hydrogens is 352 g/mol. The van der Waals surface area contributed by atoms with Gasteiger partial charge in [-0.25, -0.2) is 9.97 Å². The average molecular weight is 387 g/mol. The van der Waals surface area contributed by atoms with Gasteiger partial charge in [0.15, 0.2) is 5.82 Å². The summed E-state index contributed by atoms with van der Waals surface area (Å²) >= 11 is 0. The Morgan fingerprint density at radius 1 is 1.07 bits per heavy atom. The minimum Gasteiger partial charge on any atom is -0.375 e. The van der Waals surface area contributed by atoms with Crippen molar-refractivity contribution in [1.82, 2.24) is 14.9 Å². The fourth-order valence-corrected chi connectivity index (χ4v) is 5.26. The van der Waals surface area contributed by atoms with Crippen LogP contribution in [-0.2, 0) is 16.0 Å². The van der Waals surface area contributed by atoms with Gasteiger partial charge in [0.1, 0.15) is 12.4 Å². The highest BCUT2D eigenvalue weighted by Crippen LogP contribution is 2.35. The number of anilines is 1. The molecule has 1 saturated heterocycles. The highest BCUT2D eigenvalue weighted by molar-refractivity contribution is 5.78. The summed E-state index contributed by atoms with van der Waals surface area (Å²) in [6.45, 7) is 5.24. The highest BCUT2D eigenvalue weighted by Gasteiger charge is 2.34. The van der Waals surface area contributed by atoms with Gasteiger partial charge in [-0.15, -0.1) is 0 Å². The van der Waals surface area contributed by atoms with Gasteiger partial charge in [0.25, 0.3) is 0 Å². The SMILES string of the molecule is COCC(=O)N1CCC[C@H]1c1nc(C)c2c(n1)N(CC1CCCCC1)CCC2.